The Morgan fingerprint density at radius 2 is 2.37 bits per heavy atom. The van der Waals surface area contributed by atoms with Crippen LogP contribution < -0.4 is 5.32 Å². The molecule has 0 spiro atoms. The van der Waals surface area contributed by atoms with Crippen LogP contribution in [0.4, 0.5) is 5.69 Å². The van der Waals surface area contributed by atoms with Crippen molar-refractivity contribution in [1.82, 2.24) is 14.5 Å². The topological polar surface area (TPSA) is 80.0 Å². The normalized spacial score (nSPS) is 12.1. The smallest absolute Gasteiger partial charge is 0.339 e. The number of nitrogens with one attached hydrogen (secondary N) is 1. The van der Waals surface area contributed by atoms with E-state index in [2.05, 4.69) is 15.3 Å². The average Bonchev–Trinajstić information content (AvgIpc) is 2.81. The number of rotatable bonds is 5. The first-order valence-electron chi connectivity index (χ1n) is 5.98. The number of aryl methyl sites for hydroxylation is 1. The molecule has 1 atom stereocenters. The summed E-state index contributed by atoms with van der Waals surface area (Å²) < 4.78 is 1.94. The number of nitrogens with zero attached hydrogens (tertiary/aromatic N) is 3. The van der Waals surface area contributed by atoms with Gasteiger partial charge in [0.25, 0.3) is 0 Å². The van der Waals surface area contributed by atoms with Crippen LogP contribution in [0.2, 0.25) is 0 Å². The summed E-state index contributed by atoms with van der Waals surface area (Å²) in [6.45, 7) is 4.53. The highest BCUT2D eigenvalue weighted by Crippen LogP contribution is 2.17. The third kappa shape index (κ3) is 3.31. The molecule has 2 rings (SSSR count). The number of aromatic nitrogens is 3. The number of pyridine rings is 1. The molecule has 100 valence electrons. The molecule has 0 aliphatic carbocycles. The number of imidazole rings is 1. The van der Waals surface area contributed by atoms with Crippen molar-refractivity contribution >= 4 is 11.7 Å². The Balaban J connectivity index is 2.13. The molecule has 2 N–H and O–H groups in total. The molecule has 0 bridgehead atoms. The molecule has 2 aromatic heterocycles. The molecule has 0 radical (unpaired) electrons. The highest BCUT2D eigenvalue weighted by Gasteiger charge is 2.13. The minimum absolute atomic E-state index is 0.0779. The SMILES string of the molecule is Cc1cc(NC(C)Cn2ccnc2)c(C(=O)O)cn1. The molecular weight excluding hydrogens is 244 g/mol. The number of carboxylic acids is 1. The van der Waals surface area contributed by atoms with Gasteiger partial charge in [0.05, 0.1) is 12.0 Å². The zero-order chi connectivity index (χ0) is 13.8. The molecule has 0 aliphatic rings. The van der Waals surface area contributed by atoms with Gasteiger partial charge >= 0.3 is 5.97 Å². The van der Waals surface area contributed by atoms with Gasteiger partial charge in [-0.3, -0.25) is 4.98 Å². The average molecular weight is 260 g/mol. The maximum atomic E-state index is 11.1. The van der Waals surface area contributed by atoms with Gasteiger partial charge in [0, 0.05) is 36.9 Å². The summed E-state index contributed by atoms with van der Waals surface area (Å²) in [6.07, 6.45) is 6.69. The summed E-state index contributed by atoms with van der Waals surface area (Å²) in [5.74, 6) is -0.982. The number of carbonyl (C=O) groups is 1. The first-order chi connectivity index (χ1) is 9.06. The lowest BCUT2D eigenvalue weighted by atomic mass is 10.2. The lowest BCUT2D eigenvalue weighted by Gasteiger charge is -2.17. The van der Waals surface area contributed by atoms with Gasteiger partial charge in [0.15, 0.2) is 0 Å². The Bertz CT molecular complexity index is 566. The van der Waals surface area contributed by atoms with Crippen LogP contribution in [-0.4, -0.2) is 31.7 Å². The number of hydrogen-bond donors (Lipinski definition) is 2. The largest absolute Gasteiger partial charge is 0.478 e. The quantitative estimate of drug-likeness (QED) is 0.856. The summed E-state index contributed by atoms with van der Waals surface area (Å²) in [5, 5.41) is 12.3. The van der Waals surface area contributed by atoms with Crippen molar-refractivity contribution in [3.63, 3.8) is 0 Å². The lowest BCUT2D eigenvalue weighted by Crippen LogP contribution is -2.22. The number of hydrogen-bond acceptors (Lipinski definition) is 4. The third-order valence-corrected chi connectivity index (χ3v) is 2.72. The van der Waals surface area contributed by atoms with Crippen molar-refractivity contribution < 1.29 is 9.90 Å². The van der Waals surface area contributed by atoms with Gasteiger partial charge in [-0.15, -0.1) is 0 Å². The third-order valence-electron chi connectivity index (χ3n) is 2.72. The van der Waals surface area contributed by atoms with Gasteiger partial charge in [-0.25, -0.2) is 9.78 Å². The zero-order valence-corrected chi connectivity index (χ0v) is 10.9. The first-order valence-corrected chi connectivity index (χ1v) is 5.98. The molecule has 2 heterocycles. The fraction of sp³-hybridized carbons (Fsp3) is 0.308. The fourth-order valence-electron chi connectivity index (χ4n) is 1.87. The van der Waals surface area contributed by atoms with Crippen molar-refractivity contribution in [1.29, 1.82) is 0 Å². The predicted octanol–water partition coefficient (Wildman–Crippen LogP) is 1.79. The molecule has 1 unspecified atom stereocenters. The summed E-state index contributed by atoms with van der Waals surface area (Å²) in [7, 11) is 0. The molecule has 2 aromatic rings. The van der Waals surface area contributed by atoms with Crippen molar-refractivity contribution in [2.75, 3.05) is 5.32 Å². The van der Waals surface area contributed by atoms with Crippen LogP contribution in [0.15, 0.2) is 31.0 Å². The minimum Gasteiger partial charge on any atom is -0.478 e. The van der Waals surface area contributed by atoms with Crippen molar-refractivity contribution in [2.45, 2.75) is 26.4 Å². The predicted molar refractivity (Wildman–Crippen MR) is 71.2 cm³/mol. The van der Waals surface area contributed by atoms with E-state index < -0.39 is 5.97 Å². The Labute approximate surface area is 111 Å². The highest BCUT2D eigenvalue weighted by atomic mass is 16.4. The van der Waals surface area contributed by atoms with Crippen LogP contribution in [0.3, 0.4) is 0 Å². The van der Waals surface area contributed by atoms with Gasteiger partial charge in [-0.1, -0.05) is 0 Å². The number of aromatic carboxylic acids is 1. The summed E-state index contributed by atoms with van der Waals surface area (Å²) >= 11 is 0. The summed E-state index contributed by atoms with van der Waals surface area (Å²) in [6, 6.07) is 1.82. The van der Waals surface area contributed by atoms with Gasteiger partial charge < -0.3 is 15.0 Å². The number of carboxylic acid groups (broad SMARTS) is 1. The van der Waals surface area contributed by atoms with E-state index >= 15 is 0 Å². The van der Waals surface area contributed by atoms with Gasteiger partial charge in [-0.2, -0.15) is 0 Å². The highest BCUT2D eigenvalue weighted by molar-refractivity contribution is 5.93. The maximum Gasteiger partial charge on any atom is 0.339 e. The van der Waals surface area contributed by atoms with E-state index in [0.29, 0.717) is 12.2 Å². The summed E-state index contributed by atoms with van der Waals surface area (Å²) in [5.41, 5.74) is 1.55. The molecule has 19 heavy (non-hydrogen) atoms. The standard InChI is InChI=1S/C13H16N4O2/c1-9-5-12(11(6-15-9)13(18)19)16-10(2)7-17-4-3-14-8-17/h3-6,8,10H,7H2,1-2H3,(H,15,16)(H,18,19). The monoisotopic (exact) mass is 260 g/mol. The number of anilines is 1. The molecule has 0 fully saturated rings. The van der Waals surface area contributed by atoms with Crippen molar-refractivity contribution in [2.24, 2.45) is 0 Å². The van der Waals surface area contributed by atoms with Crippen LogP contribution in [0.1, 0.15) is 23.0 Å². The van der Waals surface area contributed by atoms with E-state index in [0.717, 1.165) is 5.69 Å². The van der Waals surface area contributed by atoms with Gasteiger partial charge in [-0.05, 0) is 19.9 Å². The van der Waals surface area contributed by atoms with Crippen LogP contribution in [0.25, 0.3) is 0 Å². The molecule has 0 saturated carbocycles. The van der Waals surface area contributed by atoms with Crippen molar-refractivity contribution in [3.8, 4) is 0 Å². The Hall–Kier alpha value is -2.37. The van der Waals surface area contributed by atoms with E-state index in [1.807, 2.05) is 24.6 Å². The second kappa shape index (κ2) is 5.51. The van der Waals surface area contributed by atoms with E-state index in [1.54, 1.807) is 18.6 Å². The minimum atomic E-state index is -0.982. The molecule has 0 saturated heterocycles. The van der Waals surface area contributed by atoms with Crippen LogP contribution in [-0.2, 0) is 6.54 Å². The molecular formula is C13H16N4O2. The molecule has 6 nitrogen and oxygen atoms in total. The zero-order valence-electron chi connectivity index (χ0n) is 10.9. The molecule has 6 heteroatoms. The molecule has 0 amide bonds. The van der Waals surface area contributed by atoms with E-state index in [9.17, 15) is 4.79 Å². The molecule has 0 aliphatic heterocycles. The lowest BCUT2D eigenvalue weighted by molar-refractivity contribution is 0.0697. The second-order valence-corrected chi connectivity index (χ2v) is 4.48. The van der Waals surface area contributed by atoms with E-state index in [-0.39, 0.29) is 11.6 Å². The Kier molecular flexibility index (Phi) is 3.79. The van der Waals surface area contributed by atoms with E-state index in [4.69, 9.17) is 5.11 Å². The van der Waals surface area contributed by atoms with Crippen LogP contribution in [0.5, 0.6) is 0 Å². The Morgan fingerprint density at radius 3 is 3.00 bits per heavy atom. The fourth-order valence-corrected chi connectivity index (χ4v) is 1.87. The first kappa shape index (κ1) is 13.1. The van der Waals surface area contributed by atoms with Crippen LogP contribution >= 0.6 is 0 Å². The Morgan fingerprint density at radius 1 is 1.58 bits per heavy atom. The molecule has 0 aromatic carbocycles. The summed E-state index contributed by atoms with van der Waals surface area (Å²) in [4.78, 5) is 19.1. The second-order valence-electron chi connectivity index (χ2n) is 4.48. The van der Waals surface area contributed by atoms with Crippen molar-refractivity contribution in [3.05, 3.63) is 42.2 Å². The maximum absolute atomic E-state index is 11.1. The van der Waals surface area contributed by atoms with Gasteiger partial charge in [0.1, 0.15) is 5.56 Å². The van der Waals surface area contributed by atoms with Crippen LogP contribution in [0, 0.1) is 6.92 Å². The van der Waals surface area contributed by atoms with Gasteiger partial charge in [0.2, 0.25) is 0 Å². The van der Waals surface area contributed by atoms with E-state index in [1.165, 1.54) is 6.20 Å².